The molecule has 106 valence electrons. The van der Waals surface area contributed by atoms with Crippen LogP contribution < -0.4 is 14.8 Å². The molecule has 4 nitrogen and oxygen atoms in total. The molecule has 0 aliphatic heterocycles. The Balaban J connectivity index is 2.74. The number of hydrogen-bond acceptors (Lipinski definition) is 3. The van der Waals surface area contributed by atoms with Gasteiger partial charge >= 0.3 is 0 Å². The first-order chi connectivity index (χ1) is 8.97. The second kappa shape index (κ2) is 7.38. The van der Waals surface area contributed by atoms with Crippen molar-refractivity contribution >= 4 is 21.8 Å². The van der Waals surface area contributed by atoms with Gasteiger partial charge in [-0.25, -0.2) is 0 Å². The average molecular weight is 330 g/mol. The Kier molecular flexibility index (Phi) is 6.15. The van der Waals surface area contributed by atoms with E-state index in [0.29, 0.717) is 30.4 Å². The number of amides is 1. The van der Waals surface area contributed by atoms with Crippen molar-refractivity contribution in [1.29, 1.82) is 0 Å². The minimum Gasteiger partial charge on any atom is -0.493 e. The topological polar surface area (TPSA) is 47.6 Å². The zero-order valence-corrected chi connectivity index (χ0v) is 13.3. The first-order valence-electron chi connectivity index (χ1n) is 6.15. The molecule has 0 unspecified atom stereocenters. The molecule has 1 amide bonds. The van der Waals surface area contributed by atoms with E-state index >= 15 is 0 Å². The lowest BCUT2D eigenvalue weighted by Gasteiger charge is -2.13. The van der Waals surface area contributed by atoms with Crippen LogP contribution in [0, 0.1) is 5.92 Å². The number of hydrogen-bond donors (Lipinski definition) is 1. The van der Waals surface area contributed by atoms with Gasteiger partial charge in [0.05, 0.1) is 18.7 Å². The van der Waals surface area contributed by atoms with Gasteiger partial charge in [-0.15, -0.1) is 0 Å². The molecule has 1 rings (SSSR count). The largest absolute Gasteiger partial charge is 0.493 e. The van der Waals surface area contributed by atoms with Crippen molar-refractivity contribution in [3.8, 4) is 11.5 Å². The molecule has 0 aliphatic rings. The van der Waals surface area contributed by atoms with E-state index < -0.39 is 0 Å². The Morgan fingerprint density at radius 3 is 2.53 bits per heavy atom. The molecule has 0 atom stereocenters. The Labute approximate surface area is 122 Å². The van der Waals surface area contributed by atoms with Gasteiger partial charge in [-0.05, 0) is 39.5 Å². The van der Waals surface area contributed by atoms with E-state index in [2.05, 4.69) is 21.2 Å². The Morgan fingerprint density at radius 1 is 1.32 bits per heavy atom. The number of ether oxygens (including phenoxy) is 2. The molecule has 1 aromatic carbocycles. The van der Waals surface area contributed by atoms with Gasteiger partial charge in [-0.1, -0.05) is 13.8 Å². The van der Waals surface area contributed by atoms with Crippen LogP contribution in [0.5, 0.6) is 11.5 Å². The summed E-state index contributed by atoms with van der Waals surface area (Å²) in [7, 11) is 3.18. The zero-order chi connectivity index (χ0) is 14.4. The van der Waals surface area contributed by atoms with Crippen LogP contribution in [0.2, 0.25) is 0 Å². The predicted octanol–water partition coefficient (Wildman–Crippen LogP) is 3.13. The standard InChI is InChI=1S/C14H20BrNO3/c1-9(2)5-13(17)16-8-10-6-11(15)14(19-4)12(7-10)18-3/h6-7,9H,5,8H2,1-4H3,(H,16,17). The van der Waals surface area contributed by atoms with E-state index in [4.69, 9.17) is 9.47 Å². The highest BCUT2D eigenvalue weighted by Gasteiger charge is 2.11. The lowest BCUT2D eigenvalue weighted by Crippen LogP contribution is -2.23. The first kappa shape index (κ1) is 15.8. The molecule has 1 N–H and O–H groups in total. The summed E-state index contributed by atoms with van der Waals surface area (Å²) in [5.74, 6) is 1.71. The van der Waals surface area contributed by atoms with E-state index in [-0.39, 0.29) is 5.91 Å². The first-order valence-corrected chi connectivity index (χ1v) is 6.94. The van der Waals surface area contributed by atoms with Crippen molar-refractivity contribution in [2.24, 2.45) is 5.92 Å². The van der Waals surface area contributed by atoms with Gasteiger partial charge in [0.15, 0.2) is 11.5 Å². The number of halogens is 1. The van der Waals surface area contributed by atoms with Crippen LogP contribution in [0.3, 0.4) is 0 Å². The number of rotatable bonds is 6. The van der Waals surface area contributed by atoms with Crippen molar-refractivity contribution in [3.05, 3.63) is 22.2 Å². The second-order valence-electron chi connectivity index (χ2n) is 4.69. The predicted molar refractivity (Wildman–Crippen MR) is 78.5 cm³/mol. The summed E-state index contributed by atoms with van der Waals surface area (Å²) in [6, 6.07) is 3.77. The Morgan fingerprint density at radius 2 is 2.00 bits per heavy atom. The third-order valence-corrected chi connectivity index (χ3v) is 3.17. The Hall–Kier alpha value is -1.23. The molecule has 0 fully saturated rings. The number of nitrogens with one attached hydrogen (secondary N) is 1. The van der Waals surface area contributed by atoms with Crippen molar-refractivity contribution in [3.63, 3.8) is 0 Å². The van der Waals surface area contributed by atoms with Gasteiger partial charge in [0.1, 0.15) is 0 Å². The highest BCUT2D eigenvalue weighted by Crippen LogP contribution is 2.36. The van der Waals surface area contributed by atoms with Crippen LogP contribution in [0.15, 0.2) is 16.6 Å². The highest BCUT2D eigenvalue weighted by atomic mass is 79.9. The maximum Gasteiger partial charge on any atom is 0.220 e. The fraction of sp³-hybridized carbons (Fsp3) is 0.500. The minimum atomic E-state index is 0.0564. The van der Waals surface area contributed by atoms with E-state index in [1.54, 1.807) is 14.2 Å². The van der Waals surface area contributed by atoms with E-state index in [1.807, 2.05) is 26.0 Å². The molecule has 0 saturated heterocycles. The summed E-state index contributed by atoms with van der Waals surface area (Å²) < 4.78 is 11.3. The maximum atomic E-state index is 11.6. The van der Waals surface area contributed by atoms with Crippen LogP contribution in [-0.4, -0.2) is 20.1 Å². The van der Waals surface area contributed by atoms with Gasteiger partial charge in [0.2, 0.25) is 5.91 Å². The fourth-order valence-electron chi connectivity index (χ4n) is 1.72. The summed E-state index contributed by atoms with van der Waals surface area (Å²) in [6.07, 6.45) is 0.536. The lowest BCUT2D eigenvalue weighted by atomic mass is 10.1. The summed E-state index contributed by atoms with van der Waals surface area (Å²) in [5.41, 5.74) is 0.960. The third kappa shape index (κ3) is 4.74. The molecule has 0 bridgehead atoms. The molecule has 5 heteroatoms. The summed E-state index contributed by atoms with van der Waals surface area (Å²) in [4.78, 5) is 11.6. The van der Waals surface area contributed by atoms with Gasteiger partial charge in [0.25, 0.3) is 0 Å². The molecule has 0 heterocycles. The van der Waals surface area contributed by atoms with Crippen LogP contribution in [0.25, 0.3) is 0 Å². The van der Waals surface area contributed by atoms with Crippen molar-refractivity contribution in [1.82, 2.24) is 5.32 Å². The molecule has 0 aliphatic carbocycles. The molecule has 1 aromatic rings. The van der Waals surface area contributed by atoms with E-state index in [0.717, 1.165) is 10.0 Å². The summed E-state index contributed by atoms with van der Waals surface area (Å²) >= 11 is 3.43. The van der Waals surface area contributed by atoms with Gasteiger partial charge in [-0.3, -0.25) is 4.79 Å². The smallest absolute Gasteiger partial charge is 0.220 e. The van der Waals surface area contributed by atoms with Crippen molar-refractivity contribution in [2.45, 2.75) is 26.8 Å². The van der Waals surface area contributed by atoms with E-state index in [1.165, 1.54) is 0 Å². The van der Waals surface area contributed by atoms with Crippen LogP contribution >= 0.6 is 15.9 Å². The normalized spacial score (nSPS) is 10.4. The number of carbonyl (C=O) groups excluding carboxylic acids is 1. The SMILES string of the molecule is COc1cc(CNC(=O)CC(C)C)cc(Br)c1OC. The van der Waals surface area contributed by atoms with Crippen LogP contribution in [-0.2, 0) is 11.3 Å². The molecule has 0 spiro atoms. The molecule has 0 aromatic heterocycles. The highest BCUT2D eigenvalue weighted by molar-refractivity contribution is 9.10. The van der Waals surface area contributed by atoms with Gasteiger partial charge in [0, 0.05) is 13.0 Å². The number of carbonyl (C=O) groups is 1. The summed E-state index contributed by atoms with van der Waals surface area (Å²) in [6.45, 7) is 4.52. The molecule has 19 heavy (non-hydrogen) atoms. The minimum absolute atomic E-state index is 0.0564. The summed E-state index contributed by atoms with van der Waals surface area (Å²) in [5, 5.41) is 2.89. The molecule has 0 saturated carbocycles. The quantitative estimate of drug-likeness (QED) is 0.872. The maximum absolute atomic E-state index is 11.6. The fourth-order valence-corrected chi connectivity index (χ4v) is 2.37. The zero-order valence-electron chi connectivity index (χ0n) is 11.7. The number of benzene rings is 1. The molecular formula is C14H20BrNO3. The van der Waals surface area contributed by atoms with Crippen molar-refractivity contribution < 1.29 is 14.3 Å². The van der Waals surface area contributed by atoms with Crippen LogP contribution in [0.1, 0.15) is 25.8 Å². The van der Waals surface area contributed by atoms with Gasteiger partial charge < -0.3 is 14.8 Å². The Bertz CT molecular complexity index is 447. The second-order valence-corrected chi connectivity index (χ2v) is 5.54. The van der Waals surface area contributed by atoms with E-state index in [9.17, 15) is 4.79 Å². The number of methoxy groups -OCH3 is 2. The lowest BCUT2D eigenvalue weighted by molar-refractivity contribution is -0.121. The third-order valence-electron chi connectivity index (χ3n) is 2.58. The molecule has 0 radical (unpaired) electrons. The monoisotopic (exact) mass is 329 g/mol. The van der Waals surface area contributed by atoms with Crippen LogP contribution in [0.4, 0.5) is 0 Å². The average Bonchev–Trinajstić information content (AvgIpc) is 2.34. The molecular weight excluding hydrogens is 310 g/mol. The van der Waals surface area contributed by atoms with Crippen molar-refractivity contribution in [2.75, 3.05) is 14.2 Å². The van der Waals surface area contributed by atoms with Gasteiger partial charge in [-0.2, -0.15) is 0 Å².